The molecule has 4 N–H and O–H groups in total. The van der Waals surface area contributed by atoms with E-state index in [4.69, 9.17) is 10.8 Å². The molecule has 1 saturated carbocycles. The molecule has 98 valence electrons. The predicted molar refractivity (Wildman–Crippen MR) is 73.0 cm³/mol. The van der Waals surface area contributed by atoms with Gasteiger partial charge in [-0.1, -0.05) is 6.42 Å². The fourth-order valence-electron chi connectivity index (χ4n) is 2.38. The molecule has 1 aliphatic carbocycles. The molecule has 1 atom stereocenters. The Hall–Kier alpha value is -1.71. The number of anilines is 2. The van der Waals surface area contributed by atoms with Crippen molar-refractivity contribution >= 4 is 17.3 Å². The van der Waals surface area contributed by atoms with E-state index in [1.165, 1.54) is 19.3 Å². The molecule has 0 amide bonds. The van der Waals surface area contributed by atoms with Gasteiger partial charge in [-0.25, -0.2) is 4.79 Å². The minimum Gasteiger partial charge on any atom is -0.478 e. The molecule has 0 aromatic heterocycles. The van der Waals surface area contributed by atoms with Gasteiger partial charge < -0.3 is 16.2 Å². The molecule has 1 fully saturated rings. The van der Waals surface area contributed by atoms with Crippen LogP contribution in [0.15, 0.2) is 12.1 Å². The zero-order valence-corrected chi connectivity index (χ0v) is 10.9. The molecule has 4 heteroatoms. The number of nitrogens with one attached hydrogen (secondary N) is 1. The lowest BCUT2D eigenvalue weighted by Crippen LogP contribution is -2.30. The van der Waals surface area contributed by atoms with Crippen molar-refractivity contribution in [2.75, 3.05) is 11.1 Å². The van der Waals surface area contributed by atoms with Crippen LogP contribution in [0.4, 0.5) is 11.4 Å². The van der Waals surface area contributed by atoms with Crippen LogP contribution >= 0.6 is 0 Å². The van der Waals surface area contributed by atoms with Gasteiger partial charge in [0.25, 0.3) is 0 Å². The number of benzene rings is 1. The third kappa shape index (κ3) is 2.42. The van der Waals surface area contributed by atoms with E-state index in [0.29, 0.717) is 17.6 Å². The van der Waals surface area contributed by atoms with Crippen LogP contribution in [-0.2, 0) is 0 Å². The van der Waals surface area contributed by atoms with Crippen molar-refractivity contribution < 1.29 is 9.90 Å². The summed E-state index contributed by atoms with van der Waals surface area (Å²) in [6.45, 7) is 3.98. The van der Waals surface area contributed by atoms with Gasteiger partial charge in [0.2, 0.25) is 0 Å². The van der Waals surface area contributed by atoms with Crippen LogP contribution in [0.3, 0.4) is 0 Å². The molecule has 0 heterocycles. The Morgan fingerprint density at radius 1 is 1.50 bits per heavy atom. The maximum absolute atomic E-state index is 11.1. The summed E-state index contributed by atoms with van der Waals surface area (Å²) in [5.41, 5.74) is 7.95. The van der Waals surface area contributed by atoms with Crippen LogP contribution in [0.2, 0.25) is 0 Å². The maximum Gasteiger partial charge on any atom is 0.337 e. The quantitative estimate of drug-likeness (QED) is 0.716. The molecule has 2 rings (SSSR count). The Labute approximate surface area is 107 Å². The molecule has 0 bridgehead atoms. The Morgan fingerprint density at radius 2 is 2.17 bits per heavy atom. The summed E-state index contributed by atoms with van der Waals surface area (Å²) in [7, 11) is 0. The number of aryl methyl sites for hydroxylation is 1. The summed E-state index contributed by atoms with van der Waals surface area (Å²) in [6, 6.07) is 3.92. The van der Waals surface area contributed by atoms with Crippen molar-refractivity contribution in [3.8, 4) is 0 Å². The molecular weight excluding hydrogens is 228 g/mol. The minimum absolute atomic E-state index is 0.179. The zero-order chi connectivity index (χ0) is 13.3. The van der Waals surface area contributed by atoms with Crippen LogP contribution in [0.25, 0.3) is 0 Å². The first kappa shape index (κ1) is 12.7. The molecule has 1 aromatic carbocycles. The van der Waals surface area contributed by atoms with Crippen LogP contribution in [0.5, 0.6) is 0 Å². The van der Waals surface area contributed by atoms with Gasteiger partial charge in [0, 0.05) is 17.4 Å². The summed E-state index contributed by atoms with van der Waals surface area (Å²) in [5.74, 6) is -0.272. The topological polar surface area (TPSA) is 75.3 Å². The Morgan fingerprint density at radius 3 is 2.67 bits per heavy atom. The highest BCUT2D eigenvalue weighted by Gasteiger charge is 2.24. The van der Waals surface area contributed by atoms with Crippen LogP contribution in [0.1, 0.15) is 42.1 Å². The number of carboxylic acid groups (broad SMARTS) is 1. The largest absolute Gasteiger partial charge is 0.478 e. The predicted octanol–water partition coefficient (Wildman–Crippen LogP) is 2.88. The van der Waals surface area contributed by atoms with E-state index in [2.05, 4.69) is 12.2 Å². The normalized spacial score (nSPS) is 17.0. The van der Waals surface area contributed by atoms with Gasteiger partial charge in [0.1, 0.15) is 0 Å². The number of nitrogen functional groups attached to an aromatic ring is 1. The van der Waals surface area contributed by atoms with Crippen molar-refractivity contribution in [2.45, 2.75) is 39.2 Å². The van der Waals surface area contributed by atoms with Gasteiger partial charge in [-0.15, -0.1) is 0 Å². The first-order valence-corrected chi connectivity index (χ1v) is 6.39. The standard InChI is InChI=1S/C14H20N2O2/c1-8-6-11(7-12(13(8)15)14(17)18)16-9(2)10-4-3-5-10/h6-7,9-10,16H,3-5,15H2,1-2H3,(H,17,18). The van der Waals surface area contributed by atoms with Gasteiger partial charge in [-0.3, -0.25) is 0 Å². The Balaban J connectivity index is 2.20. The third-order valence-electron chi connectivity index (χ3n) is 3.87. The third-order valence-corrected chi connectivity index (χ3v) is 3.87. The van der Waals surface area contributed by atoms with Crippen molar-refractivity contribution in [1.29, 1.82) is 0 Å². The SMILES string of the molecule is Cc1cc(NC(C)C2CCC2)cc(C(=O)O)c1N. The van der Waals surface area contributed by atoms with Gasteiger partial charge in [0.05, 0.1) is 5.56 Å². The fraction of sp³-hybridized carbons (Fsp3) is 0.500. The lowest BCUT2D eigenvalue weighted by Gasteiger charge is -2.32. The smallest absolute Gasteiger partial charge is 0.337 e. The zero-order valence-electron chi connectivity index (χ0n) is 10.9. The lowest BCUT2D eigenvalue weighted by molar-refractivity contribution is 0.0698. The van der Waals surface area contributed by atoms with E-state index in [-0.39, 0.29) is 5.56 Å². The second-order valence-corrected chi connectivity index (χ2v) is 5.18. The van der Waals surface area contributed by atoms with Gasteiger partial charge in [-0.05, 0) is 50.3 Å². The summed E-state index contributed by atoms with van der Waals surface area (Å²) >= 11 is 0. The molecule has 0 radical (unpaired) electrons. The molecule has 1 unspecified atom stereocenters. The number of rotatable bonds is 4. The molecule has 1 aromatic rings. The first-order valence-electron chi connectivity index (χ1n) is 6.39. The number of aromatic carboxylic acids is 1. The van der Waals surface area contributed by atoms with E-state index in [1.807, 2.05) is 13.0 Å². The average Bonchev–Trinajstić information content (AvgIpc) is 2.19. The molecule has 0 saturated heterocycles. The van der Waals surface area contributed by atoms with Crippen molar-refractivity contribution in [3.05, 3.63) is 23.3 Å². The number of carbonyl (C=O) groups is 1. The van der Waals surface area contributed by atoms with Crippen LogP contribution in [-0.4, -0.2) is 17.1 Å². The lowest BCUT2D eigenvalue weighted by atomic mass is 9.80. The van der Waals surface area contributed by atoms with Crippen LogP contribution < -0.4 is 11.1 Å². The second-order valence-electron chi connectivity index (χ2n) is 5.18. The number of carboxylic acids is 1. The first-order chi connectivity index (χ1) is 8.49. The Bertz CT molecular complexity index is 467. The molecule has 4 nitrogen and oxygen atoms in total. The summed E-state index contributed by atoms with van der Waals surface area (Å²) in [6.07, 6.45) is 3.82. The number of nitrogens with two attached hydrogens (primary N) is 1. The molecule has 18 heavy (non-hydrogen) atoms. The molecular formula is C14H20N2O2. The van der Waals surface area contributed by atoms with E-state index >= 15 is 0 Å². The minimum atomic E-state index is -0.976. The molecule has 1 aliphatic rings. The average molecular weight is 248 g/mol. The van der Waals surface area contributed by atoms with Crippen molar-refractivity contribution in [1.82, 2.24) is 0 Å². The van der Waals surface area contributed by atoms with Crippen LogP contribution in [0, 0.1) is 12.8 Å². The summed E-state index contributed by atoms with van der Waals surface area (Å²) in [4.78, 5) is 11.1. The summed E-state index contributed by atoms with van der Waals surface area (Å²) < 4.78 is 0. The highest BCUT2D eigenvalue weighted by molar-refractivity contribution is 5.95. The highest BCUT2D eigenvalue weighted by atomic mass is 16.4. The molecule has 0 spiro atoms. The van der Waals surface area contributed by atoms with Gasteiger partial charge in [-0.2, -0.15) is 0 Å². The van der Waals surface area contributed by atoms with E-state index < -0.39 is 5.97 Å². The van der Waals surface area contributed by atoms with E-state index in [1.54, 1.807) is 6.07 Å². The Kier molecular flexibility index (Phi) is 3.45. The van der Waals surface area contributed by atoms with Gasteiger partial charge in [0.15, 0.2) is 0 Å². The number of hydrogen-bond acceptors (Lipinski definition) is 3. The fourth-order valence-corrected chi connectivity index (χ4v) is 2.38. The second kappa shape index (κ2) is 4.88. The van der Waals surface area contributed by atoms with Crippen molar-refractivity contribution in [2.24, 2.45) is 5.92 Å². The summed E-state index contributed by atoms with van der Waals surface area (Å²) in [5, 5.41) is 12.5. The maximum atomic E-state index is 11.1. The van der Waals surface area contributed by atoms with Crippen molar-refractivity contribution in [3.63, 3.8) is 0 Å². The molecule has 0 aliphatic heterocycles. The van der Waals surface area contributed by atoms with E-state index in [9.17, 15) is 4.79 Å². The number of hydrogen-bond donors (Lipinski definition) is 3. The van der Waals surface area contributed by atoms with Gasteiger partial charge >= 0.3 is 5.97 Å². The van der Waals surface area contributed by atoms with E-state index in [0.717, 1.165) is 11.3 Å². The highest BCUT2D eigenvalue weighted by Crippen LogP contribution is 2.32. The monoisotopic (exact) mass is 248 g/mol.